The van der Waals surface area contributed by atoms with Crippen LogP contribution in [0.2, 0.25) is 0 Å². The summed E-state index contributed by atoms with van der Waals surface area (Å²) in [4.78, 5) is 24.1. The topological polar surface area (TPSA) is 94.6 Å². The molecule has 9 heteroatoms. The Morgan fingerprint density at radius 2 is 2.06 bits per heavy atom. The monoisotopic (exact) mass is 414 g/mol. The van der Waals surface area contributed by atoms with E-state index in [1.54, 1.807) is 18.7 Å². The first kappa shape index (κ1) is 18.2. The second-order valence-corrected chi connectivity index (χ2v) is 8.35. The number of amides is 1. The summed E-state index contributed by atoms with van der Waals surface area (Å²) in [7, 11) is 1.96. The molecule has 0 atom stereocenters. The summed E-state index contributed by atoms with van der Waals surface area (Å²) < 4.78 is 4.02. The molecule has 31 heavy (non-hydrogen) atoms. The van der Waals surface area contributed by atoms with Gasteiger partial charge in [-0.3, -0.25) is 19.4 Å². The lowest BCUT2D eigenvalue weighted by Gasteiger charge is -2.28. The third-order valence-corrected chi connectivity index (χ3v) is 6.24. The number of para-hydroxylation sites is 1. The van der Waals surface area contributed by atoms with Gasteiger partial charge in [0.25, 0.3) is 5.91 Å². The molecule has 6 rings (SSSR count). The summed E-state index contributed by atoms with van der Waals surface area (Å²) in [6, 6.07) is 5.56. The van der Waals surface area contributed by atoms with Gasteiger partial charge in [-0.25, -0.2) is 0 Å². The highest BCUT2D eigenvalue weighted by molar-refractivity contribution is 6.04. The third kappa shape index (κ3) is 3.08. The molecular weight excluding hydrogens is 392 g/mol. The van der Waals surface area contributed by atoms with Crippen LogP contribution in [0, 0.1) is 5.92 Å². The predicted molar refractivity (Wildman–Crippen MR) is 113 cm³/mol. The summed E-state index contributed by atoms with van der Waals surface area (Å²) in [5, 5.41) is 13.3. The van der Waals surface area contributed by atoms with E-state index in [0.29, 0.717) is 30.1 Å². The van der Waals surface area contributed by atoms with Gasteiger partial charge in [-0.15, -0.1) is 10.2 Å². The molecule has 9 nitrogen and oxygen atoms in total. The van der Waals surface area contributed by atoms with Crippen molar-refractivity contribution >= 4 is 16.9 Å². The summed E-state index contributed by atoms with van der Waals surface area (Å²) in [5.74, 6) is 1.46. The molecule has 1 amide bonds. The van der Waals surface area contributed by atoms with E-state index in [0.717, 1.165) is 41.3 Å². The molecule has 156 valence electrons. The van der Waals surface area contributed by atoms with E-state index >= 15 is 0 Å². The van der Waals surface area contributed by atoms with E-state index in [1.807, 2.05) is 34.8 Å². The van der Waals surface area contributed by atoms with Crippen molar-refractivity contribution < 1.29 is 4.79 Å². The van der Waals surface area contributed by atoms with Crippen molar-refractivity contribution in [1.29, 1.82) is 0 Å². The molecule has 0 saturated heterocycles. The van der Waals surface area contributed by atoms with Crippen LogP contribution in [0.1, 0.15) is 34.5 Å². The standard InChI is InChI=1S/C22H22N8O/c1-28-18-7-10-29(22(31)15-3-2-4-17-19(15)24-9-8-23-17)12-16(18)20(27-28)21-26-25-13-30(21)11-14-5-6-14/h2-4,8-9,13-14H,5-7,10-12H2,1H3. The van der Waals surface area contributed by atoms with Crippen LogP contribution in [0.5, 0.6) is 0 Å². The molecule has 0 unspecified atom stereocenters. The minimum Gasteiger partial charge on any atom is -0.334 e. The van der Waals surface area contributed by atoms with Gasteiger partial charge in [0, 0.05) is 50.2 Å². The van der Waals surface area contributed by atoms with E-state index in [9.17, 15) is 4.79 Å². The predicted octanol–water partition coefficient (Wildman–Crippen LogP) is 2.23. The normalized spacial score (nSPS) is 16.0. The van der Waals surface area contributed by atoms with Crippen molar-refractivity contribution in [3.8, 4) is 11.5 Å². The Morgan fingerprint density at radius 1 is 1.19 bits per heavy atom. The first-order valence-electron chi connectivity index (χ1n) is 10.6. The van der Waals surface area contributed by atoms with Crippen molar-refractivity contribution in [2.45, 2.75) is 32.4 Å². The van der Waals surface area contributed by atoms with Crippen LogP contribution in [0.25, 0.3) is 22.6 Å². The Kier molecular flexibility index (Phi) is 4.09. The molecule has 0 spiro atoms. The average molecular weight is 414 g/mol. The second-order valence-electron chi connectivity index (χ2n) is 8.35. The fourth-order valence-electron chi connectivity index (χ4n) is 4.43. The molecule has 4 heterocycles. The Bertz CT molecular complexity index is 1300. The number of carbonyl (C=O) groups is 1. The van der Waals surface area contributed by atoms with Gasteiger partial charge in [0.2, 0.25) is 0 Å². The van der Waals surface area contributed by atoms with E-state index in [1.165, 1.54) is 12.8 Å². The highest BCUT2D eigenvalue weighted by Gasteiger charge is 2.31. The zero-order valence-corrected chi connectivity index (χ0v) is 17.3. The van der Waals surface area contributed by atoms with Gasteiger partial charge in [-0.2, -0.15) is 5.10 Å². The maximum Gasteiger partial charge on any atom is 0.256 e. The molecule has 0 bridgehead atoms. The number of benzene rings is 1. The van der Waals surface area contributed by atoms with E-state index in [-0.39, 0.29) is 5.91 Å². The fraction of sp³-hybridized carbons (Fsp3) is 0.364. The number of fused-ring (bicyclic) bond motifs is 2. The van der Waals surface area contributed by atoms with Crippen molar-refractivity contribution in [1.82, 2.24) is 39.4 Å². The average Bonchev–Trinajstić information content (AvgIpc) is 3.41. The van der Waals surface area contributed by atoms with Crippen LogP contribution in [0.4, 0.5) is 0 Å². The van der Waals surface area contributed by atoms with Gasteiger partial charge in [-0.05, 0) is 30.9 Å². The SMILES string of the molecule is Cn1nc(-c2nncn2CC2CC2)c2c1CCN(C(=O)c1cccc3nccnc13)C2. The minimum atomic E-state index is -0.0361. The molecule has 4 aromatic rings. The second kappa shape index (κ2) is 6.97. The molecule has 1 aliphatic heterocycles. The number of rotatable bonds is 4. The van der Waals surface area contributed by atoms with Gasteiger partial charge >= 0.3 is 0 Å². The maximum atomic E-state index is 13.4. The van der Waals surface area contributed by atoms with Crippen LogP contribution in [-0.4, -0.2) is 51.9 Å². The first-order chi connectivity index (χ1) is 15.2. The number of hydrogen-bond acceptors (Lipinski definition) is 6. The summed E-state index contributed by atoms with van der Waals surface area (Å²) in [5.41, 5.74) is 4.97. The Balaban J connectivity index is 1.36. The number of aromatic nitrogens is 7. The maximum absolute atomic E-state index is 13.4. The zero-order valence-electron chi connectivity index (χ0n) is 17.3. The number of hydrogen-bond donors (Lipinski definition) is 0. The van der Waals surface area contributed by atoms with Gasteiger partial charge in [0.05, 0.1) is 17.6 Å². The summed E-state index contributed by atoms with van der Waals surface area (Å²) in [6.45, 7) is 2.05. The lowest BCUT2D eigenvalue weighted by molar-refractivity contribution is 0.0735. The van der Waals surface area contributed by atoms with Crippen LogP contribution in [0.15, 0.2) is 36.9 Å². The molecule has 0 N–H and O–H groups in total. The van der Waals surface area contributed by atoms with Gasteiger partial charge in [-0.1, -0.05) is 6.07 Å². The number of nitrogens with zero attached hydrogens (tertiary/aromatic N) is 8. The molecule has 1 aromatic carbocycles. The highest BCUT2D eigenvalue weighted by Crippen LogP contribution is 2.34. The van der Waals surface area contributed by atoms with Gasteiger partial charge in [0.15, 0.2) is 5.82 Å². The van der Waals surface area contributed by atoms with Crippen LogP contribution in [-0.2, 0) is 26.6 Å². The van der Waals surface area contributed by atoms with Crippen molar-refractivity contribution in [2.75, 3.05) is 6.54 Å². The van der Waals surface area contributed by atoms with Gasteiger partial charge < -0.3 is 9.47 Å². The number of carbonyl (C=O) groups excluding carboxylic acids is 1. The van der Waals surface area contributed by atoms with E-state index in [2.05, 4.69) is 24.7 Å². The van der Waals surface area contributed by atoms with Gasteiger partial charge in [0.1, 0.15) is 17.5 Å². The quantitative estimate of drug-likeness (QED) is 0.508. The van der Waals surface area contributed by atoms with E-state index < -0.39 is 0 Å². The first-order valence-corrected chi connectivity index (χ1v) is 10.6. The zero-order chi connectivity index (χ0) is 20.9. The molecule has 2 aliphatic rings. The van der Waals surface area contributed by atoms with Crippen LogP contribution < -0.4 is 0 Å². The summed E-state index contributed by atoms with van der Waals surface area (Å²) in [6.07, 6.45) is 8.32. The molecule has 0 radical (unpaired) electrons. The van der Waals surface area contributed by atoms with Crippen LogP contribution >= 0.6 is 0 Å². The Labute approximate surface area is 178 Å². The third-order valence-electron chi connectivity index (χ3n) is 6.24. The van der Waals surface area contributed by atoms with Crippen molar-refractivity contribution in [2.24, 2.45) is 13.0 Å². The Morgan fingerprint density at radius 3 is 2.94 bits per heavy atom. The lowest BCUT2D eigenvalue weighted by Crippen LogP contribution is -2.36. The molecule has 1 aliphatic carbocycles. The van der Waals surface area contributed by atoms with Crippen molar-refractivity contribution in [3.63, 3.8) is 0 Å². The minimum absolute atomic E-state index is 0.0361. The smallest absolute Gasteiger partial charge is 0.256 e. The summed E-state index contributed by atoms with van der Waals surface area (Å²) >= 11 is 0. The van der Waals surface area contributed by atoms with Crippen LogP contribution in [0.3, 0.4) is 0 Å². The Hall–Kier alpha value is -3.62. The number of aryl methyl sites for hydroxylation is 1. The largest absolute Gasteiger partial charge is 0.334 e. The fourth-order valence-corrected chi connectivity index (χ4v) is 4.43. The molecule has 1 fully saturated rings. The van der Waals surface area contributed by atoms with Crippen molar-refractivity contribution in [3.05, 3.63) is 53.7 Å². The van der Waals surface area contributed by atoms with E-state index in [4.69, 9.17) is 5.10 Å². The lowest BCUT2D eigenvalue weighted by atomic mass is 10.0. The molecular formula is C22H22N8O. The molecule has 3 aromatic heterocycles. The highest BCUT2D eigenvalue weighted by atomic mass is 16.2. The molecule has 1 saturated carbocycles.